The monoisotopic (exact) mass is 1150 g/mol. The van der Waals surface area contributed by atoms with Crippen molar-refractivity contribution in [2.45, 2.75) is 280 Å². The minimum Gasteiger partial charge on any atom is -0.394 e. The molecule has 2 saturated heterocycles. The smallest absolute Gasteiger partial charge is 0.220 e. The molecule has 0 saturated carbocycles. The number of hydrogen-bond acceptors (Lipinski definition) is 13. The molecule has 0 aromatic rings. The lowest BCUT2D eigenvalue weighted by molar-refractivity contribution is -0.359. The van der Waals surface area contributed by atoms with E-state index in [0.29, 0.717) is 12.8 Å². The van der Waals surface area contributed by atoms with E-state index in [-0.39, 0.29) is 18.9 Å². The summed E-state index contributed by atoms with van der Waals surface area (Å²) in [6.45, 7) is 2.71. The normalized spacial score (nSPS) is 24.8. The van der Waals surface area contributed by atoms with Crippen LogP contribution in [0.3, 0.4) is 0 Å². The highest BCUT2D eigenvalue weighted by atomic mass is 16.7. The fourth-order valence-electron chi connectivity index (χ4n) is 9.62. The highest BCUT2D eigenvalue weighted by molar-refractivity contribution is 5.76. The molecule has 1 amide bonds. The van der Waals surface area contributed by atoms with Gasteiger partial charge in [-0.2, -0.15) is 0 Å². The number of unbranched alkanes of at least 4 members (excludes halogenated alkanes) is 16. The summed E-state index contributed by atoms with van der Waals surface area (Å²) in [4.78, 5) is 13.3. The number of hydrogen-bond donors (Lipinski definition) is 9. The highest BCUT2D eigenvalue weighted by Gasteiger charge is 2.51. The molecular weight excluding hydrogens is 1040 g/mol. The van der Waals surface area contributed by atoms with E-state index in [4.69, 9.17) is 18.9 Å². The van der Waals surface area contributed by atoms with Crippen LogP contribution >= 0.6 is 0 Å². The number of aliphatic hydroxyl groups excluding tert-OH is 8. The van der Waals surface area contributed by atoms with Gasteiger partial charge in [0, 0.05) is 6.42 Å². The summed E-state index contributed by atoms with van der Waals surface area (Å²) in [5.74, 6) is -0.237. The predicted octanol–water partition coefficient (Wildman–Crippen LogP) is 11.8. The van der Waals surface area contributed by atoms with E-state index in [1.165, 1.54) is 57.8 Å². The average molecular weight is 1150 g/mol. The molecule has 2 aliphatic rings. The Morgan fingerprint density at radius 1 is 0.451 bits per heavy atom. The molecule has 0 aromatic heterocycles. The number of allylic oxidation sites excluding steroid dienone is 20. The number of rotatable bonds is 49. The maximum atomic E-state index is 13.3. The van der Waals surface area contributed by atoms with Crippen LogP contribution in [-0.4, -0.2) is 140 Å². The van der Waals surface area contributed by atoms with E-state index in [9.17, 15) is 45.6 Å². The first-order valence-corrected chi connectivity index (χ1v) is 31.8. The maximum absolute atomic E-state index is 13.3. The van der Waals surface area contributed by atoms with Gasteiger partial charge in [-0.05, 0) is 89.9 Å². The third-order valence-corrected chi connectivity index (χ3v) is 14.7. The second-order valence-corrected chi connectivity index (χ2v) is 21.8. The fourth-order valence-corrected chi connectivity index (χ4v) is 9.62. The standard InChI is InChI=1S/C68H113NO13/c1-3-5-7-9-11-13-15-17-18-19-20-21-22-23-24-25-26-27-28-29-30-31-32-33-34-35-36-37-38-40-42-44-46-48-50-52-60(73)69-56(57(72)51-49-47-45-43-41-39-16-14-12-10-8-6-4-2)55-79-67-65(78)63(76)66(59(54-71)81-67)82-68-64(77)62(75)61(74)58(53-70)80-68/h5,7,11,13,17-18,20-21,23-24,26-27,29-30,32-33,35-36,38,40,56-59,61-68,70-72,74-78H,3-4,6,8-10,12,14-16,19,22,25,28,31,34,37,39,41-55H2,1-2H3,(H,69,73)/b7-5-,13-11-,18-17-,21-20-,24-23-,27-26-,30-29-,33-32-,36-35-,40-38-. The number of ether oxygens (including phenoxy) is 4. The highest BCUT2D eigenvalue weighted by Crippen LogP contribution is 2.30. The van der Waals surface area contributed by atoms with Crippen LogP contribution in [0.4, 0.5) is 0 Å². The van der Waals surface area contributed by atoms with Crippen LogP contribution in [0.15, 0.2) is 122 Å². The summed E-state index contributed by atoms with van der Waals surface area (Å²) in [5, 5.41) is 87.2. The van der Waals surface area contributed by atoms with Crippen molar-refractivity contribution in [3.8, 4) is 0 Å². The van der Waals surface area contributed by atoms with E-state index in [0.717, 1.165) is 116 Å². The Kier molecular flexibility index (Phi) is 47.0. The summed E-state index contributed by atoms with van der Waals surface area (Å²) in [7, 11) is 0. The number of carbonyl (C=O) groups is 1. The molecule has 14 heteroatoms. The Bertz CT molecular complexity index is 1840. The summed E-state index contributed by atoms with van der Waals surface area (Å²) < 4.78 is 22.8. The molecule has 0 radical (unpaired) electrons. The van der Waals surface area contributed by atoms with Gasteiger partial charge < -0.3 is 65.1 Å². The van der Waals surface area contributed by atoms with Crippen molar-refractivity contribution in [2.75, 3.05) is 19.8 Å². The Morgan fingerprint density at radius 3 is 1.29 bits per heavy atom. The molecule has 0 aromatic carbocycles. The van der Waals surface area contributed by atoms with Gasteiger partial charge in [0.2, 0.25) is 5.91 Å². The predicted molar refractivity (Wildman–Crippen MR) is 332 cm³/mol. The van der Waals surface area contributed by atoms with Gasteiger partial charge in [-0.15, -0.1) is 0 Å². The van der Waals surface area contributed by atoms with Crippen LogP contribution in [0.5, 0.6) is 0 Å². The lowest BCUT2D eigenvalue weighted by Gasteiger charge is -2.46. The summed E-state index contributed by atoms with van der Waals surface area (Å²) >= 11 is 0. The molecule has 12 unspecified atom stereocenters. The molecule has 2 fully saturated rings. The van der Waals surface area contributed by atoms with Gasteiger partial charge in [0.05, 0.1) is 32.0 Å². The van der Waals surface area contributed by atoms with Crippen LogP contribution in [0, 0.1) is 0 Å². The van der Waals surface area contributed by atoms with E-state index >= 15 is 0 Å². The van der Waals surface area contributed by atoms with E-state index in [1.54, 1.807) is 0 Å². The molecule has 0 aliphatic carbocycles. The SMILES string of the molecule is CC/C=C\C/C=C\C/C=C\C/C=C\C/C=C\C/C=C\C/C=C\C/C=C\C/C=C\C/C=C\CCCCCCC(=O)NC(COC1OC(CO)C(OC2OC(CO)C(O)C(O)C2O)C(O)C1O)C(O)CCCCCCCCCCCCCCC. The minimum atomic E-state index is -1.79. The second-order valence-electron chi connectivity index (χ2n) is 21.8. The molecule has 2 aliphatic heterocycles. The van der Waals surface area contributed by atoms with Crippen LogP contribution in [0.25, 0.3) is 0 Å². The number of aliphatic hydroxyl groups is 8. The Labute approximate surface area is 495 Å². The lowest BCUT2D eigenvalue weighted by Crippen LogP contribution is -2.65. The topological polar surface area (TPSA) is 228 Å². The van der Waals surface area contributed by atoms with E-state index in [1.807, 2.05) is 0 Å². The van der Waals surface area contributed by atoms with Gasteiger partial charge >= 0.3 is 0 Å². The third-order valence-electron chi connectivity index (χ3n) is 14.7. The molecular formula is C68H113NO13. The van der Waals surface area contributed by atoms with E-state index in [2.05, 4.69) is 141 Å². The van der Waals surface area contributed by atoms with Crippen LogP contribution in [0.1, 0.15) is 206 Å². The van der Waals surface area contributed by atoms with Crippen molar-refractivity contribution in [3.63, 3.8) is 0 Å². The minimum absolute atomic E-state index is 0.237. The molecule has 14 nitrogen and oxygen atoms in total. The molecule has 468 valence electrons. The first-order chi connectivity index (χ1) is 40.1. The number of carbonyl (C=O) groups excluding carboxylic acids is 1. The molecule has 82 heavy (non-hydrogen) atoms. The zero-order valence-corrected chi connectivity index (χ0v) is 50.4. The van der Waals surface area contributed by atoms with Gasteiger partial charge in [-0.3, -0.25) is 4.79 Å². The van der Waals surface area contributed by atoms with Crippen molar-refractivity contribution in [1.29, 1.82) is 0 Å². The zero-order valence-electron chi connectivity index (χ0n) is 50.4. The van der Waals surface area contributed by atoms with Gasteiger partial charge in [-0.1, -0.05) is 232 Å². The van der Waals surface area contributed by atoms with Crippen LogP contribution in [-0.2, 0) is 23.7 Å². The zero-order chi connectivity index (χ0) is 59.5. The number of amides is 1. The first-order valence-electron chi connectivity index (χ1n) is 31.8. The van der Waals surface area contributed by atoms with Crippen molar-refractivity contribution in [3.05, 3.63) is 122 Å². The number of nitrogens with one attached hydrogen (secondary N) is 1. The second kappa shape index (κ2) is 51.8. The van der Waals surface area contributed by atoms with Crippen LogP contribution < -0.4 is 5.32 Å². The van der Waals surface area contributed by atoms with Crippen molar-refractivity contribution >= 4 is 5.91 Å². The quantitative estimate of drug-likeness (QED) is 0.0204. The van der Waals surface area contributed by atoms with Gasteiger partial charge in [0.15, 0.2) is 12.6 Å². The molecule has 2 rings (SSSR count). The molecule has 12 atom stereocenters. The maximum Gasteiger partial charge on any atom is 0.220 e. The lowest BCUT2D eigenvalue weighted by atomic mass is 9.97. The largest absolute Gasteiger partial charge is 0.394 e. The van der Waals surface area contributed by atoms with E-state index < -0.39 is 86.8 Å². The molecule has 9 N–H and O–H groups in total. The third kappa shape index (κ3) is 36.3. The molecule has 0 spiro atoms. The Hall–Kier alpha value is -3.61. The molecule has 2 heterocycles. The summed E-state index contributed by atoms with van der Waals surface area (Å²) in [6, 6.07) is -0.851. The average Bonchev–Trinajstić information content (AvgIpc) is 3.56. The van der Waals surface area contributed by atoms with Crippen molar-refractivity contribution < 1.29 is 64.6 Å². The first kappa shape index (κ1) is 74.5. The van der Waals surface area contributed by atoms with Gasteiger partial charge in [0.1, 0.15) is 48.8 Å². The fraction of sp³-hybridized carbons (Fsp3) is 0.691. The Balaban J connectivity index is 1.68. The molecule has 0 bridgehead atoms. The summed E-state index contributed by atoms with van der Waals surface area (Å²) in [6.07, 6.45) is 57.7. The van der Waals surface area contributed by atoms with Crippen molar-refractivity contribution in [1.82, 2.24) is 5.32 Å². The summed E-state index contributed by atoms with van der Waals surface area (Å²) in [5.41, 5.74) is 0. The van der Waals surface area contributed by atoms with Gasteiger partial charge in [0.25, 0.3) is 0 Å². The van der Waals surface area contributed by atoms with Crippen LogP contribution in [0.2, 0.25) is 0 Å². The van der Waals surface area contributed by atoms with Crippen molar-refractivity contribution in [2.24, 2.45) is 0 Å². The Morgan fingerprint density at radius 2 is 0.841 bits per heavy atom. The van der Waals surface area contributed by atoms with Gasteiger partial charge in [-0.25, -0.2) is 0 Å².